The first-order valence-electron chi connectivity index (χ1n) is 8.67. The number of thioether (sulfide) groups is 1. The van der Waals surface area contributed by atoms with Gasteiger partial charge in [-0.05, 0) is 49.9 Å². The third kappa shape index (κ3) is 6.20. The fourth-order valence-electron chi connectivity index (χ4n) is 3.06. The van der Waals surface area contributed by atoms with E-state index < -0.39 is 11.4 Å². The van der Waals surface area contributed by atoms with E-state index in [2.05, 4.69) is 15.2 Å². The highest BCUT2D eigenvalue weighted by Crippen LogP contribution is 2.36. The molecule has 0 spiro atoms. The molecule has 1 aliphatic rings. The maximum absolute atomic E-state index is 12.4. The van der Waals surface area contributed by atoms with Gasteiger partial charge in [0.15, 0.2) is 5.13 Å². The monoisotopic (exact) mass is 431 g/mol. The first-order valence-corrected chi connectivity index (χ1v) is 10.4. The molecule has 1 aromatic heterocycles. The summed E-state index contributed by atoms with van der Waals surface area (Å²) in [6.45, 7) is 6.40. The van der Waals surface area contributed by atoms with Crippen LogP contribution in [0.5, 0.6) is 0 Å². The average Bonchev–Trinajstić information content (AvgIpc) is 2.99. The predicted molar refractivity (Wildman–Crippen MR) is 104 cm³/mol. The molecule has 2 aromatic rings. The highest BCUT2D eigenvalue weighted by Gasteiger charge is 2.29. The van der Waals surface area contributed by atoms with Gasteiger partial charge in [-0.1, -0.05) is 0 Å². The van der Waals surface area contributed by atoms with Crippen LogP contribution in [-0.4, -0.2) is 46.6 Å². The zero-order valence-corrected chi connectivity index (χ0v) is 17.0. The molecule has 0 radical (unpaired) electrons. The van der Waals surface area contributed by atoms with Crippen molar-refractivity contribution in [2.75, 3.05) is 18.4 Å². The van der Waals surface area contributed by atoms with Crippen LogP contribution in [0.1, 0.15) is 29.9 Å². The Bertz CT molecular complexity index is 801. The van der Waals surface area contributed by atoms with Crippen molar-refractivity contribution in [1.29, 1.82) is 0 Å². The lowest BCUT2D eigenvalue weighted by Gasteiger charge is -2.34. The SMILES string of the molecule is C[C@@H]1CN(Cc2csc(NC(=O)c3ccc(SC(F)(F)F)cc3)n2)C[C@@H](C)O1. The number of morpholine rings is 1. The number of halogens is 3. The van der Waals surface area contributed by atoms with Gasteiger partial charge in [0, 0.05) is 35.5 Å². The van der Waals surface area contributed by atoms with Gasteiger partial charge in [0.05, 0.1) is 17.9 Å². The molecule has 2 atom stereocenters. The molecule has 5 nitrogen and oxygen atoms in total. The van der Waals surface area contributed by atoms with Crippen molar-refractivity contribution in [2.24, 2.45) is 0 Å². The van der Waals surface area contributed by atoms with E-state index in [0.717, 1.165) is 18.8 Å². The molecule has 10 heteroatoms. The number of thiazole rings is 1. The predicted octanol–water partition coefficient (Wildman–Crippen LogP) is 4.62. The summed E-state index contributed by atoms with van der Waals surface area (Å²) in [5.41, 5.74) is -3.21. The van der Waals surface area contributed by atoms with E-state index in [-0.39, 0.29) is 34.4 Å². The Balaban J connectivity index is 1.56. The Labute approximate surface area is 169 Å². The highest BCUT2D eigenvalue weighted by molar-refractivity contribution is 8.00. The second-order valence-corrected chi connectivity index (χ2v) is 8.62. The van der Waals surface area contributed by atoms with Gasteiger partial charge >= 0.3 is 5.51 Å². The maximum Gasteiger partial charge on any atom is 0.446 e. The highest BCUT2D eigenvalue weighted by atomic mass is 32.2. The Morgan fingerprint density at radius 3 is 2.54 bits per heavy atom. The molecule has 0 aliphatic carbocycles. The van der Waals surface area contributed by atoms with Crippen molar-refractivity contribution in [1.82, 2.24) is 9.88 Å². The quantitative estimate of drug-likeness (QED) is 0.701. The van der Waals surface area contributed by atoms with Crippen LogP contribution >= 0.6 is 23.1 Å². The Kier molecular flexibility index (Phi) is 6.64. The van der Waals surface area contributed by atoms with Gasteiger partial charge in [-0.15, -0.1) is 11.3 Å². The second kappa shape index (κ2) is 8.81. The Hall–Kier alpha value is -1.62. The van der Waals surface area contributed by atoms with Crippen molar-refractivity contribution < 1.29 is 22.7 Å². The lowest BCUT2D eigenvalue weighted by Crippen LogP contribution is -2.44. The summed E-state index contributed by atoms with van der Waals surface area (Å²) in [5, 5.41) is 5.05. The van der Waals surface area contributed by atoms with Crippen molar-refractivity contribution in [2.45, 2.75) is 43.0 Å². The molecule has 28 heavy (non-hydrogen) atoms. The van der Waals surface area contributed by atoms with Gasteiger partial charge in [0.25, 0.3) is 5.91 Å². The number of hydrogen-bond acceptors (Lipinski definition) is 6. The standard InChI is InChI=1S/C18H20F3N3O2S2/c1-11-7-24(8-12(2)26-11)9-14-10-27-17(22-14)23-16(25)13-3-5-15(6-4-13)28-18(19,20)21/h3-6,10-12H,7-9H2,1-2H3,(H,22,23,25)/t11-,12-/m1/s1. The number of nitrogens with zero attached hydrogens (tertiary/aromatic N) is 2. The molecule has 1 aromatic carbocycles. The molecular weight excluding hydrogens is 411 g/mol. The number of nitrogens with one attached hydrogen (secondary N) is 1. The molecule has 1 amide bonds. The molecule has 0 saturated carbocycles. The molecular formula is C18H20F3N3O2S2. The third-order valence-corrected chi connectivity index (χ3v) is 5.55. The summed E-state index contributed by atoms with van der Waals surface area (Å²) >= 11 is 1.11. The minimum absolute atomic E-state index is 0.0366. The summed E-state index contributed by atoms with van der Waals surface area (Å²) in [6, 6.07) is 5.30. The van der Waals surface area contributed by atoms with Crippen molar-refractivity contribution in [3.8, 4) is 0 Å². The summed E-state index contributed by atoms with van der Waals surface area (Å²) in [4.78, 5) is 19.0. The minimum Gasteiger partial charge on any atom is -0.373 e. The normalized spacial score (nSPS) is 20.9. The number of carbonyl (C=O) groups is 1. The van der Waals surface area contributed by atoms with Gasteiger partial charge in [0.2, 0.25) is 0 Å². The average molecular weight is 432 g/mol. The number of alkyl halides is 3. The molecule has 2 heterocycles. The lowest BCUT2D eigenvalue weighted by molar-refractivity contribution is -0.0707. The number of carbonyl (C=O) groups excluding carboxylic acids is 1. The van der Waals surface area contributed by atoms with Crippen LogP contribution in [0.25, 0.3) is 0 Å². The van der Waals surface area contributed by atoms with Crippen molar-refractivity contribution >= 4 is 34.1 Å². The number of amides is 1. The van der Waals surface area contributed by atoms with Gasteiger partial charge in [-0.25, -0.2) is 4.98 Å². The summed E-state index contributed by atoms with van der Waals surface area (Å²) in [5.74, 6) is -0.405. The van der Waals surface area contributed by atoms with Gasteiger partial charge < -0.3 is 4.74 Å². The number of rotatable bonds is 5. The third-order valence-electron chi connectivity index (χ3n) is 4.00. The van der Waals surface area contributed by atoms with Crippen LogP contribution in [0.4, 0.5) is 18.3 Å². The van der Waals surface area contributed by atoms with Crippen LogP contribution < -0.4 is 5.32 Å². The van der Waals surface area contributed by atoms with Crippen molar-refractivity contribution in [3.05, 3.63) is 40.9 Å². The van der Waals surface area contributed by atoms with Gasteiger partial charge in [-0.2, -0.15) is 13.2 Å². The number of hydrogen-bond donors (Lipinski definition) is 1. The number of ether oxygens (including phenoxy) is 1. The number of aromatic nitrogens is 1. The minimum atomic E-state index is -4.35. The molecule has 152 valence electrons. The van der Waals surface area contributed by atoms with Crippen LogP contribution in [0, 0.1) is 0 Å². The zero-order valence-electron chi connectivity index (χ0n) is 15.3. The van der Waals surface area contributed by atoms with Crippen LogP contribution in [-0.2, 0) is 11.3 Å². The topological polar surface area (TPSA) is 54.5 Å². The molecule has 1 saturated heterocycles. The molecule has 0 unspecified atom stereocenters. The zero-order chi connectivity index (χ0) is 20.3. The second-order valence-electron chi connectivity index (χ2n) is 6.62. The summed E-state index contributed by atoms with van der Waals surface area (Å²) in [6.07, 6.45) is 0.333. The van der Waals surface area contributed by atoms with E-state index in [1.165, 1.54) is 35.6 Å². The van der Waals surface area contributed by atoms with Gasteiger partial charge in [0.1, 0.15) is 0 Å². The van der Waals surface area contributed by atoms with Crippen LogP contribution in [0.2, 0.25) is 0 Å². The summed E-state index contributed by atoms with van der Waals surface area (Å²) < 4.78 is 42.8. The van der Waals surface area contributed by atoms with Crippen LogP contribution in [0.15, 0.2) is 34.5 Å². The van der Waals surface area contributed by atoms with E-state index in [4.69, 9.17) is 4.74 Å². The maximum atomic E-state index is 12.4. The fraction of sp³-hybridized carbons (Fsp3) is 0.444. The van der Waals surface area contributed by atoms with E-state index >= 15 is 0 Å². The smallest absolute Gasteiger partial charge is 0.373 e. The van der Waals surface area contributed by atoms with E-state index in [0.29, 0.717) is 11.7 Å². The first kappa shape index (κ1) is 21.1. The molecule has 0 bridgehead atoms. The van der Waals surface area contributed by atoms with E-state index in [1.807, 2.05) is 19.2 Å². The fourth-order valence-corrected chi connectivity index (χ4v) is 4.29. The van der Waals surface area contributed by atoms with Crippen LogP contribution in [0.3, 0.4) is 0 Å². The number of benzene rings is 1. The Morgan fingerprint density at radius 1 is 1.29 bits per heavy atom. The van der Waals surface area contributed by atoms with Crippen molar-refractivity contribution in [3.63, 3.8) is 0 Å². The first-order chi connectivity index (χ1) is 13.2. The van der Waals surface area contributed by atoms with Gasteiger partial charge in [-0.3, -0.25) is 15.0 Å². The molecule has 1 fully saturated rings. The lowest BCUT2D eigenvalue weighted by atomic mass is 10.2. The van der Waals surface area contributed by atoms with E-state index in [1.54, 1.807) is 0 Å². The molecule has 1 aliphatic heterocycles. The number of anilines is 1. The summed E-state index contributed by atoms with van der Waals surface area (Å²) in [7, 11) is 0. The Morgan fingerprint density at radius 2 is 1.93 bits per heavy atom. The van der Waals surface area contributed by atoms with E-state index in [9.17, 15) is 18.0 Å². The molecule has 1 N–H and O–H groups in total. The molecule has 3 rings (SSSR count). The largest absolute Gasteiger partial charge is 0.446 e.